The summed E-state index contributed by atoms with van der Waals surface area (Å²) in [5.41, 5.74) is 3.76. The third-order valence-corrected chi connectivity index (χ3v) is 3.38. The van der Waals surface area contributed by atoms with E-state index in [1.807, 2.05) is 26.0 Å². The van der Waals surface area contributed by atoms with Crippen molar-refractivity contribution in [2.24, 2.45) is 0 Å². The summed E-state index contributed by atoms with van der Waals surface area (Å²) < 4.78 is 0. The van der Waals surface area contributed by atoms with Crippen molar-refractivity contribution in [2.75, 3.05) is 0 Å². The van der Waals surface area contributed by atoms with E-state index in [1.165, 1.54) is 0 Å². The SMILES string of the molecule is Cc1cnnc(-c2cccc(Cl)c2Cl)c1C. The Balaban J connectivity index is 2.68. The molecule has 0 spiro atoms. The predicted molar refractivity (Wildman–Crippen MR) is 67.0 cm³/mol. The van der Waals surface area contributed by atoms with Gasteiger partial charge in [0.25, 0.3) is 0 Å². The number of halogens is 2. The van der Waals surface area contributed by atoms with E-state index < -0.39 is 0 Å². The fourth-order valence-corrected chi connectivity index (χ4v) is 1.86. The van der Waals surface area contributed by atoms with Crippen molar-refractivity contribution in [3.63, 3.8) is 0 Å². The van der Waals surface area contributed by atoms with Gasteiger partial charge in [-0.3, -0.25) is 0 Å². The highest BCUT2D eigenvalue weighted by Crippen LogP contribution is 2.33. The molecule has 0 unspecified atom stereocenters. The minimum Gasteiger partial charge on any atom is -0.158 e. The summed E-state index contributed by atoms with van der Waals surface area (Å²) >= 11 is 12.1. The van der Waals surface area contributed by atoms with Gasteiger partial charge in [0.15, 0.2) is 0 Å². The second-order valence-electron chi connectivity index (χ2n) is 3.60. The van der Waals surface area contributed by atoms with Gasteiger partial charge in [0.1, 0.15) is 0 Å². The Labute approximate surface area is 104 Å². The van der Waals surface area contributed by atoms with Crippen LogP contribution in [0.4, 0.5) is 0 Å². The van der Waals surface area contributed by atoms with Crippen LogP contribution in [0.2, 0.25) is 10.0 Å². The van der Waals surface area contributed by atoms with Gasteiger partial charge in [-0.15, -0.1) is 0 Å². The van der Waals surface area contributed by atoms with Gasteiger partial charge < -0.3 is 0 Å². The molecule has 0 saturated carbocycles. The first kappa shape index (κ1) is 11.4. The van der Waals surface area contributed by atoms with Crippen molar-refractivity contribution in [3.05, 3.63) is 45.6 Å². The summed E-state index contributed by atoms with van der Waals surface area (Å²) in [7, 11) is 0. The van der Waals surface area contributed by atoms with Crippen LogP contribution in [0.3, 0.4) is 0 Å². The van der Waals surface area contributed by atoms with Crippen molar-refractivity contribution in [1.82, 2.24) is 10.2 Å². The highest BCUT2D eigenvalue weighted by atomic mass is 35.5. The normalized spacial score (nSPS) is 10.5. The van der Waals surface area contributed by atoms with Gasteiger partial charge in [0.2, 0.25) is 0 Å². The Morgan fingerprint density at radius 1 is 1.12 bits per heavy atom. The molecule has 0 aliphatic carbocycles. The van der Waals surface area contributed by atoms with Crippen LogP contribution in [-0.2, 0) is 0 Å². The van der Waals surface area contributed by atoms with Gasteiger partial charge in [-0.05, 0) is 31.0 Å². The molecule has 4 heteroatoms. The molecule has 0 atom stereocenters. The van der Waals surface area contributed by atoms with Crippen LogP contribution in [0.1, 0.15) is 11.1 Å². The van der Waals surface area contributed by atoms with Crippen LogP contribution in [-0.4, -0.2) is 10.2 Å². The maximum Gasteiger partial charge on any atom is 0.0976 e. The number of benzene rings is 1. The minimum absolute atomic E-state index is 0.521. The largest absolute Gasteiger partial charge is 0.158 e. The number of aryl methyl sites for hydroxylation is 1. The molecular formula is C12H10Cl2N2. The van der Waals surface area contributed by atoms with E-state index in [-0.39, 0.29) is 0 Å². The summed E-state index contributed by atoms with van der Waals surface area (Å²) in [6, 6.07) is 5.50. The topological polar surface area (TPSA) is 25.8 Å². The lowest BCUT2D eigenvalue weighted by molar-refractivity contribution is 1.00. The first-order chi connectivity index (χ1) is 7.61. The smallest absolute Gasteiger partial charge is 0.0976 e. The molecular weight excluding hydrogens is 243 g/mol. The van der Waals surface area contributed by atoms with E-state index in [2.05, 4.69) is 10.2 Å². The molecule has 82 valence electrons. The monoisotopic (exact) mass is 252 g/mol. The van der Waals surface area contributed by atoms with Crippen molar-refractivity contribution < 1.29 is 0 Å². The second kappa shape index (κ2) is 4.40. The zero-order valence-electron chi connectivity index (χ0n) is 8.96. The van der Waals surface area contributed by atoms with E-state index in [9.17, 15) is 0 Å². The van der Waals surface area contributed by atoms with Gasteiger partial charge in [0, 0.05) is 5.56 Å². The van der Waals surface area contributed by atoms with Crippen molar-refractivity contribution >= 4 is 23.2 Å². The lowest BCUT2D eigenvalue weighted by atomic mass is 10.0. The van der Waals surface area contributed by atoms with E-state index in [4.69, 9.17) is 23.2 Å². The summed E-state index contributed by atoms with van der Waals surface area (Å²) in [5.74, 6) is 0. The molecule has 0 fully saturated rings. The molecule has 0 aliphatic rings. The Morgan fingerprint density at radius 2 is 1.88 bits per heavy atom. The van der Waals surface area contributed by atoms with E-state index >= 15 is 0 Å². The van der Waals surface area contributed by atoms with Crippen LogP contribution >= 0.6 is 23.2 Å². The summed E-state index contributed by atoms with van der Waals surface area (Å²) in [5, 5.41) is 9.11. The zero-order valence-corrected chi connectivity index (χ0v) is 10.5. The first-order valence-electron chi connectivity index (χ1n) is 4.84. The number of aromatic nitrogens is 2. The highest BCUT2D eigenvalue weighted by molar-refractivity contribution is 6.43. The van der Waals surface area contributed by atoms with Gasteiger partial charge >= 0.3 is 0 Å². The molecule has 0 bridgehead atoms. The van der Waals surface area contributed by atoms with E-state index in [0.717, 1.165) is 22.4 Å². The fourth-order valence-electron chi connectivity index (χ4n) is 1.47. The van der Waals surface area contributed by atoms with Crippen LogP contribution in [0, 0.1) is 13.8 Å². The van der Waals surface area contributed by atoms with Crippen LogP contribution in [0.25, 0.3) is 11.3 Å². The number of hydrogen-bond donors (Lipinski definition) is 0. The van der Waals surface area contributed by atoms with Crippen molar-refractivity contribution in [1.29, 1.82) is 0 Å². The summed E-state index contributed by atoms with van der Waals surface area (Å²) in [6.45, 7) is 3.99. The fraction of sp³-hybridized carbons (Fsp3) is 0.167. The molecule has 2 rings (SSSR count). The average Bonchev–Trinajstić information content (AvgIpc) is 2.27. The third-order valence-electron chi connectivity index (χ3n) is 2.56. The Morgan fingerprint density at radius 3 is 2.62 bits per heavy atom. The standard InChI is InChI=1S/C12H10Cl2N2/c1-7-6-15-16-12(8(7)2)9-4-3-5-10(13)11(9)14/h3-6H,1-2H3. The lowest BCUT2D eigenvalue weighted by Crippen LogP contribution is -1.95. The van der Waals surface area contributed by atoms with Gasteiger partial charge in [-0.1, -0.05) is 35.3 Å². The average molecular weight is 253 g/mol. The molecule has 1 heterocycles. The predicted octanol–water partition coefficient (Wildman–Crippen LogP) is 4.07. The molecule has 0 aliphatic heterocycles. The summed E-state index contributed by atoms with van der Waals surface area (Å²) in [6.07, 6.45) is 1.73. The number of nitrogens with zero attached hydrogens (tertiary/aromatic N) is 2. The maximum atomic E-state index is 6.15. The molecule has 2 aromatic rings. The maximum absolute atomic E-state index is 6.15. The van der Waals surface area contributed by atoms with Gasteiger partial charge in [-0.25, -0.2) is 0 Å². The van der Waals surface area contributed by atoms with Crippen molar-refractivity contribution in [2.45, 2.75) is 13.8 Å². The van der Waals surface area contributed by atoms with Crippen molar-refractivity contribution in [3.8, 4) is 11.3 Å². The molecule has 2 nitrogen and oxygen atoms in total. The molecule has 1 aromatic carbocycles. The zero-order chi connectivity index (χ0) is 11.7. The Hall–Kier alpha value is -1.12. The van der Waals surface area contributed by atoms with Gasteiger partial charge in [-0.2, -0.15) is 10.2 Å². The second-order valence-corrected chi connectivity index (χ2v) is 4.39. The van der Waals surface area contributed by atoms with E-state index in [0.29, 0.717) is 10.0 Å². The Bertz CT molecular complexity index is 489. The minimum atomic E-state index is 0.521. The van der Waals surface area contributed by atoms with Crippen LogP contribution < -0.4 is 0 Å². The molecule has 0 N–H and O–H groups in total. The van der Waals surface area contributed by atoms with Gasteiger partial charge in [0.05, 0.1) is 21.9 Å². The molecule has 16 heavy (non-hydrogen) atoms. The Kier molecular flexibility index (Phi) is 3.13. The number of hydrogen-bond acceptors (Lipinski definition) is 2. The van der Waals surface area contributed by atoms with Crippen LogP contribution in [0.15, 0.2) is 24.4 Å². The lowest BCUT2D eigenvalue weighted by Gasteiger charge is -2.08. The first-order valence-corrected chi connectivity index (χ1v) is 5.60. The molecule has 0 saturated heterocycles. The third kappa shape index (κ3) is 1.91. The molecule has 0 radical (unpaired) electrons. The molecule has 1 aromatic heterocycles. The van der Waals surface area contributed by atoms with Crippen LogP contribution in [0.5, 0.6) is 0 Å². The highest BCUT2D eigenvalue weighted by Gasteiger charge is 2.11. The van der Waals surface area contributed by atoms with E-state index in [1.54, 1.807) is 12.3 Å². The summed E-state index contributed by atoms with van der Waals surface area (Å²) in [4.78, 5) is 0. The quantitative estimate of drug-likeness (QED) is 0.765. The number of rotatable bonds is 1. The molecule has 0 amide bonds.